The Balaban J connectivity index is 2.45. The van der Waals surface area contributed by atoms with Crippen molar-refractivity contribution in [2.24, 2.45) is 0 Å². The van der Waals surface area contributed by atoms with E-state index in [2.05, 4.69) is 43.5 Å². The van der Waals surface area contributed by atoms with Gasteiger partial charge in [0.1, 0.15) is 5.15 Å². The van der Waals surface area contributed by atoms with E-state index < -0.39 is 0 Å². The van der Waals surface area contributed by atoms with Gasteiger partial charge in [-0.05, 0) is 18.6 Å². The fraction of sp³-hybridized carbons (Fsp3) is 0.444. The Morgan fingerprint density at radius 2 is 2.43 bits per heavy atom. The minimum atomic E-state index is 0.517. The smallest absolute Gasteiger partial charge is 0.129 e. The maximum Gasteiger partial charge on any atom is 0.129 e. The summed E-state index contributed by atoms with van der Waals surface area (Å²) in [6.45, 7) is 3.29. The third-order valence-electron chi connectivity index (χ3n) is 2.45. The Hall–Kier alpha value is 0.320. The van der Waals surface area contributed by atoms with Crippen LogP contribution in [-0.2, 0) is 0 Å². The molecule has 5 heteroatoms. The zero-order chi connectivity index (χ0) is 10.1. The summed E-state index contributed by atoms with van der Waals surface area (Å²) < 4.78 is 2.26. The minimum Gasteiger partial charge on any atom is -0.306 e. The van der Waals surface area contributed by atoms with Crippen LogP contribution in [0.2, 0.25) is 5.15 Å². The van der Waals surface area contributed by atoms with Gasteiger partial charge in [-0.1, -0.05) is 18.5 Å². The zero-order valence-corrected chi connectivity index (χ0v) is 11.4. The molecule has 1 aliphatic heterocycles. The van der Waals surface area contributed by atoms with Crippen LogP contribution in [0.25, 0.3) is 0 Å². The van der Waals surface area contributed by atoms with Gasteiger partial charge in [0.2, 0.25) is 0 Å². The molecule has 0 saturated carbocycles. The number of nitrogens with zero attached hydrogens (tertiary/aromatic N) is 2. The number of hydrogen-bond acceptors (Lipinski definition) is 3. The average molecular weight is 341 g/mol. The molecule has 1 aromatic rings. The number of fused-ring (bicyclic) bond motifs is 1. The summed E-state index contributed by atoms with van der Waals surface area (Å²) in [7, 11) is 1.72. The molecule has 1 atom stereocenters. The van der Waals surface area contributed by atoms with Gasteiger partial charge >= 0.3 is 0 Å². The van der Waals surface area contributed by atoms with E-state index in [9.17, 15) is 0 Å². The van der Waals surface area contributed by atoms with E-state index in [1.165, 1.54) is 5.69 Å². The van der Waals surface area contributed by atoms with Crippen molar-refractivity contribution < 1.29 is 0 Å². The normalized spacial score (nSPS) is 20.8. The quantitative estimate of drug-likeness (QED) is 0.436. The number of aromatic nitrogens is 1. The van der Waals surface area contributed by atoms with E-state index in [-0.39, 0.29) is 0 Å². The van der Waals surface area contributed by atoms with Crippen LogP contribution in [0, 0.1) is 0 Å². The van der Waals surface area contributed by atoms with Gasteiger partial charge in [-0.15, -0.1) is 0 Å². The Kier molecular flexibility index (Phi) is 3.44. The first-order valence-corrected chi connectivity index (χ1v) is 8.14. The summed E-state index contributed by atoms with van der Waals surface area (Å²) in [5.74, 6) is 0.517. The van der Waals surface area contributed by atoms with Crippen LogP contribution in [0.5, 0.6) is 0 Å². The second-order valence-electron chi connectivity index (χ2n) is 3.40. The summed E-state index contributed by atoms with van der Waals surface area (Å²) in [6, 6.07) is 3.92. The van der Waals surface area contributed by atoms with E-state index in [1.54, 1.807) is 9.12 Å². The van der Waals surface area contributed by atoms with E-state index in [0.717, 1.165) is 18.7 Å². The van der Waals surface area contributed by atoms with Crippen LogP contribution in [-0.4, -0.2) is 11.5 Å². The molecule has 0 saturated heterocycles. The van der Waals surface area contributed by atoms with Crippen LogP contribution in [0.3, 0.4) is 0 Å². The highest BCUT2D eigenvalue weighted by Crippen LogP contribution is 2.39. The van der Waals surface area contributed by atoms with Crippen molar-refractivity contribution in [3.8, 4) is 0 Å². The standard InChI is InChI=1S/C9H10ClIN2S/c1-6-4-5-13(14-11)7-2-3-8(10)12-9(6)7/h2-3,6H,4-5H2,1H3. The molecule has 2 nitrogen and oxygen atoms in total. The molecule has 14 heavy (non-hydrogen) atoms. The molecular formula is C9H10ClIN2S. The third-order valence-corrected chi connectivity index (χ3v) is 4.64. The van der Waals surface area contributed by atoms with Crippen LogP contribution >= 0.6 is 41.9 Å². The maximum absolute atomic E-state index is 5.89. The molecular weight excluding hydrogens is 331 g/mol. The lowest BCUT2D eigenvalue weighted by Gasteiger charge is -2.30. The van der Waals surface area contributed by atoms with Crippen molar-refractivity contribution >= 4 is 47.6 Å². The fourth-order valence-corrected chi connectivity index (χ4v) is 3.44. The van der Waals surface area contributed by atoms with E-state index in [0.29, 0.717) is 11.1 Å². The fourth-order valence-electron chi connectivity index (χ4n) is 1.66. The second-order valence-corrected chi connectivity index (χ2v) is 5.55. The monoisotopic (exact) mass is 340 g/mol. The molecule has 2 heterocycles. The Bertz CT molecular complexity index is 348. The number of hydrogen-bond donors (Lipinski definition) is 0. The van der Waals surface area contributed by atoms with Gasteiger partial charge in [0.25, 0.3) is 0 Å². The third kappa shape index (κ3) is 1.97. The Labute approximate surface area is 105 Å². The second kappa shape index (κ2) is 4.45. The number of anilines is 1. The van der Waals surface area contributed by atoms with Gasteiger partial charge in [-0.25, -0.2) is 4.98 Å². The van der Waals surface area contributed by atoms with Gasteiger partial charge < -0.3 is 4.31 Å². The Morgan fingerprint density at radius 3 is 3.14 bits per heavy atom. The molecule has 0 aromatic carbocycles. The average Bonchev–Trinajstić information content (AvgIpc) is 2.19. The van der Waals surface area contributed by atoms with Crippen LogP contribution in [0.4, 0.5) is 5.69 Å². The summed E-state index contributed by atoms with van der Waals surface area (Å²) in [5, 5.41) is 0.593. The first-order valence-electron chi connectivity index (χ1n) is 4.45. The van der Waals surface area contributed by atoms with Gasteiger partial charge in [-0.2, -0.15) is 0 Å². The van der Waals surface area contributed by atoms with Crippen molar-refractivity contribution in [3.05, 3.63) is 23.0 Å². The van der Waals surface area contributed by atoms with Crippen LogP contribution < -0.4 is 4.31 Å². The van der Waals surface area contributed by atoms with Crippen LogP contribution in [0.15, 0.2) is 12.1 Å². The molecule has 2 rings (SSSR count). The lowest BCUT2D eigenvalue weighted by atomic mass is 9.98. The summed E-state index contributed by atoms with van der Waals surface area (Å²) in [5.41, 5.74) is 2.35. The van der Waals surface area contributed by atoms with Gasteiger partial charge in [0, 0.05) is 42.8 Å². The lowest BCUT2D eigenvalue weighted by molar-refractivity contribution is 0.645. The van der Waals surface area contributed by atoms with Crippen molar-refractivity contribution in [1.82, 2.24) is 4.98 Å². The number of pyridine rings is 1. The molecule has 1 aliphatic rings. The summed E-state index contributed by atoms with van der Waals surface area (Å²) in [6.07, 6.45) is 1.15. The molecule has 0 N–H and O–H groups in total. The minimum absolute atomic E-state index is 0.517. The van der Waals surface area contributed by atoms with Crippen molar-refractivity contribution in [2.45, 2.75) is 19.3 Å². The van der Waals surface area contributed by atoms with E-state index >= 15 is 0 Å². The van der Waals surface area contributed by atoms with Crippen LogP contribution in [0.1, 0.15) is 25.0 Å². The van der Waals surface area contributed by atoms with Crippen molar-refractivity contribution in [3.63, 3.8) is 0 Å². The first kappa shape index (κ1) is 10.8. The molecule has 0 spiro atoms. The molecule has 0 bridgehead atoms. The molecule has 0 fully saturated rings. The molecule has 0 amide bonds. The first-order chi connectivity index (χ1) is 6.72. The number of rotatable bonds is 1. The highest BCUT2D eigenvalue weighted by Gasteiger charge is 2.23. The van der Waals surface area contributed by atoms with E-state index in [4.69, 9.17) is 11.6 Å². The topological polar surface area (TPSA) is 16.1 Å². The predicted octanol–water partition coefficient (Wildman–Crippen LogP) is 4.05. The molecule has 1 unspecified atom stereocenters. The van der Waals surface area contributed by atoms with Gasteiger partial charge in [0.05, 0.1) is 11.4 Å². The lowest BCUT2D eigenvalue weighted by Crippen LogP contribution is -2.24. The molecule has 0 aliphatic carbocycles. The summed E-state index contributed by atoms with van der Waals surface area (Å²) >= 11 is 8.20. The van der Waals surface area contributed by atoms with E-state index in [1.807, 2.05) is 6.07 Å². The van der Waals surface area contributed by atoms with Crippen molar-refractivity contribution in [2.75, 3.05) is 10.8 Å². The molecule has 0 radical (unpaired) electrons. The summed E-state index contributed by atoms with van der Waals surface area (Å²) in [4.78, 5) is 4.40. The predicted molar refractivity (Wildman–Crippen MR) is 71.2 cm³/mol. The SMILES string of the molecule is CC1CCN(SI)c2ccc(Cl)nc21. The number of halogens is 2. The zero-order valence-electron chi connectivity index (χ0n) is 7.70. The maximum atomic E-state index is 5.89. The largest absolute Gasteiger partial charge is 0.306 e. The molecule has 1 aromatic heterocycles. The van der Waals surface area contributed by atoms with Crippen molar-refractivity contribution in [1.29, 1.82) is 0 Å². The highest BCUT2D eigenvalue weighted by atomic mass is 127. The Morgan fingerprint density at radius 1 is 1.64 bits per heavy atom. The molecule has 76 valence electrons. The van der Waals surface area contributed by atoms with Gasteiger partial charge in [0.15, 0.2) is 0 Å². The highest BCUT2D eigenvalue weighted by molar-refractivity contribution is 14.2. The van der Waals surface area contributed by atoms with Gasteiger partial charge in [-0.3, -0.25) is 0 Å².